The van der Waals surface area contributed by atoms with Gasteiger partial charge in [-0.25, -0.2) is 0 Å². The summed E-state index contributed by atoms with van der Waals surface area (Å²) in [7, 11) is 1.71. The third-order valence-corrected chi connectivity index (χ3v) is 6.80. The van der Waals surface area contributed by atoms with Gasteiger partial charge in [-0.3, -0.25) is 9.59 Å². The van der Waals surface area contributed by atoms with Gasteiger partial charge in [0.2, 0.25) is 11.8 Å². The number of rotatable bonds is 2. The van der Waals surface area contributed by atoms with Crippen LogP contribution in [0.25, 0.3) is 5.57 Å². The highest BCUT2D eigenvalue weighted by Gasteiger charge is 2.44. The average molecular weight is 456 g/mol. The van der Waals surface area contributed by atoms with Crippen LogP contribution in [0, 0.1) is 0 Å². The Hall–Kier alpha value is -3.29. The number of anilines is 2. The lowest BCUT2D eigenvalue weighted by Crippen LogP contribution is -2.45. The van der Waals surface area contributed by atoms with Gasteiger partial charge in [-0.15, -0.1) is 0 Å². The molecule has 1 fully saturated rings. The molecule has 1 N–H and O–H groups in total. The molecule has 5 rings (SSSR count). The van der Waals surface area contributed by atoms with E-state index in [1.807, 2.05) is 6.07 Å². The van der Waals surface area contributed by atoms with E-state index >= 15 is 0 Å². The number of alkyl halides is 3. The first-order valence-electron chi connectivity index (χ1n) is 11.0. The topological polar surface area (TPSA) is 58.6 Å². The van der Waals surface area contributed by atoms with Crippen LogP contribution >= 0.6 is 0 Å². The van der Waals surface area contributed by atoms with Crippen molar-refractivity contribution >= 4 is 28.8 Å². The number of carbonyl (C=O) groups excluding carboxylic acids is 2. The first-order valence-corrected chi connectivity index (χ1v) is 11.0. The molecule has 1 aliphatic carbocycles. The Kier molecular flexibility index (Phi) is 4.99. The Morgan fingerprint density at radius 3 is 2.67 bits per heavy atom. The van der Waals surface area contributed by atoms with Gasteiger partial charge in [-0.1, -0.05) is 12.1 Å². The van der Waals surface area contributed by atoms with Gasteiger partial charge in [0.25, 0.3) is 0 Å². The van der Waals surface area contributed by atoms with Gasteiger partial charge in [0.15, 0.2) is 0 Å². The number of halogens is 3. The Morgan fingerprint density at radius 1 is 1.18 bits per heavy atom. The van der Waals surface area contributed by atoms with E-state index in [-0.39, 0.29) is 17.6 Å². The zero-order valence-electron chi connectivity index (χ0n) is 18.1. The standard InChI is InChI=1S/C25H23F3N2O3/c1-30-20-5-2-4-19(18(20)8-9-23(30)32)29-22(31)12-15-14-24(10-3-11-24)33-21-13-16(25(26,27)28)6-7-17(15)21/h2,4-7,12-13H,3,8-11,14H2,1H3,(H,29,31). The van der Waals surface area contributed by atoms with Crippen LogP contribution in [-0.4, -0.2) is 24.5 Å². The number of hydrogen-bond acceptors (Lipinski definition) is 3. The maximum Gasteiger partial charge on any atom is 0.416 e. The molecule has 0 bridgehead atoms. The molecule has 1 spiro atoms. The van der Waals surface area contributed by atoms with Crippen molar-refractivity contribution in [2.45, 2.75) is 50.3 Å². The summed E-state index contributed by atoms with van der Waals surface area (Å²) in [5, 5.41) is 2.91. The van der Waals surface area contributed by atoms with E-state index in [0.29, 0.717) is 36.1 Å². The van der Waals surface area contributed by atoms with E-state index < -0.39 is 17.3 Å². The predicted octanol–water partition coefficient (Wildman–Crippen LogP) is 5.34. The fraction of sp³-hybridized carbons (Fsp3) is 0.360. The largest absolute Gasteiger partial charge is 0.486 e. The zero-order chi connectivity index (χ0) is 23.4. The van der Waals surface area contributed by atoms with Crippen molar-refractivity contribution in [3.8, 4) is 5.75 Å². The van der Waals surface area contributed by atoms with Gasteiger partial charge in [-0.2, -0.15) is 13.2 Å². The predicted molar refractivity (Wildman–Crippen MR) is 118 cm³/mol. The van der Waals surface area contributed by atoms with Crippen LogP contribution in [0.15, 0.2) is 42.5 Å². The van der Waals surface area contributed by atoms with Crippen molar-refractivity contribution in [3.63, 3.8) is 0 Å². The van der Waals surface area contributed by atoms with E-state index in [2.05, 4.69) is 5.32 Å². The van der Waals surface area contributed by atoms with E-state index in [9.17, 15) is 22.8 Å². The zero-order valence-corrected chi connectivity index (χ0v) is 18.1. The fourth-order valence-electron chi connectivity index (χ4n) is 4.87. The monoisotopic (exact) mass is 456 g/mol. The molecule has 172 valence electrons. The molecule has 2 heterocycles. The van der Waals surface area contributed by atoms with E-state index in [1.165, 1.54) is 12.1 Å². The van der Waals surface area contributed by atoms with Crippen LogP contribution in [0.3, 0.4) is 0 Å². The normalized spacial score (nSPS) is 20.1. The first kappa shape index (κ1) is 21.6. The molecule has 1 saturated carbocycles. The second-order valence-electron chi connectivity index (χ2n) is 8.94. The summed E-state index contributed by atoms with van der Waals surface area (Å²) in [6, 6.07) is 8.84. The Bertz CT molecular complexity index is 1180. The molecule has 3 aliphatic rings. The van der Waals surface area contributed by atoms with Gasteiger partial charge in [0, 0.05) is 42.9 Å². The highest BCUT2D eigenvalue weighted by atomic mass is 19.4. The molecule has 0 unspecified atom stereocenters. The molecule has 0 aromatic heterocycles. The van der Waals surface area contributed by atoms with E-state index in [0.717, 1.165) is 42.6 Å². The van der Waals surface area contributed by atoms with Crippen LogP contribution in [0.1, 0.15) is 48.8 Å². The summed E-state index contributed by atoms with van der Waals surface area (Å²) < 4.78 is 45.7. The summed E-state index contributed by atoms with van der Waals surface area (Å²) in [5.41, 5.74) is 2.15. The van der Waals surface area contributed by atoms with Crippen molar-refractivity contribution in [2.75, 3.05) is 17.3 Å². The molecular formula is C25H23F3N2O3. The Morgan fingerprint density at radius 2 is 1.97 bits per heavy atom. The molecule has 0 atom stereocenters. The highest BCUT2D eigenvalue weighted by molar-refractivity contribution is 6.06. The third-order valence-electron chi connectivity index (χ3n) is 6.80. The number of amides is 2. The van der Waals surface area contributed by atoms with Crippen molar-refractivity contribution in [2.24, 2.45) is 0 Å². The second kappa shape index (κ2) is 7.64. The Balaban J connectivity index is 1.46. The molecule has 2 aliphatic heterocycles. The lowest BCUT2D eigenvalue weighted by Gasteiger charge is -2.46. The number of benzene rings is 2. The van der Waals surface area contributed by atoms with Crippen LogP contribution < -0.4 is 15.0 Å². The highest BCUT2D eigenvalue weighted by Crippen LogP contribution is 2.50. The van der Waals surface area contributed by atoms with Crippen LogP contribution in [0.4, 0.5) is 24.5 Å². The number of nitrogens with zero attached hydrogens (tertiary/aromatic N) is 1. The average Bonchev–Trinajstić information content (AvgIpc) is 2.74. The molecule has 2 aromatic carbocycles. The summed E-state index contributed by atoms with van der Waals surface area (Å²) in [6.07, 6.45) is 0.801. The fourth-order valence-corrected chi connectivity index (χ4v) is 4.87. The van der Waals surface area contributed by atoms with Gasteiger partial charge in [0.1, 0.15) is 11.4 Å². The van der Waals surface area contributed by atoms with Crippen LogP contribution in [-0.2, 0) is 22.2 Å². The minimum Gasteiger partial charge on any atom is -0.486 e. The number of fused-ring (bicyclic) bond motifs is 2. The lowest BCUT2D eigenvalue weighted by atomic mass is 9.72. The van der Waals surface area contributed by atoms with Gasteiger partial charge in [-0.05, 0) is 61.1 Å². The lowest BCUT2D eigenvalue weighted by molar-refractivity contribution is -0.138. The summed E-state index contributed by atoms with van der Waals surface area (Å²) >= 11 is 0. The SMILES string of the molecule is CN1C(=O)CCc2c(NC(=O)C=C3CC4(CCC4)Oc4cc(C(F)(F)F)ccc43)cccc21. The minimum absolute atomic E-state index is 0.0240. The number of carbonyl (C=O) groups is 2. The minimum atomic E-state index is -4.47. The third kappa shape index (κ3) is 3.87. The van der Waals surface area contributed by atoms with Gasteiger partial charge >= 0.3 is 6.18 Å². The molecule has 5 nitrogen and oxygen atoms in total. The summed E-state index contributed by atoms with van der Waals surface area (Å²) in [5.74, 6) is -0.164. The van der Waals surface area contributed by atoms with E-state index in [1.54, 1.807) is 24.1 Å². The number of ether oxygens (including phenoxy) is 1. The van der Waals surface area contributed by atoms with Crippen molar-refractivity contribution in [1.82, 2.24) is 0 Å². The smallest absolute Gasteiger partial charge is 0.416 e. The molecular weight excluding hydrogens is 433 g/mol. The maximum atomic E-state index is 13.2. The molecule has 2 amide bonds. The molecule has 2 aromatic rings. The number of nitrogens with one attached hydrogen (secondary N) is 1. The number of hydrogen-bond donors (Lipinski definition) is 1. The molecule has 0 radical (unpaired) electrons. The van der Waals surface area contributed by atoms with Crippen molar-refractivity contribution in [3.05, 3.63) is 59.2 Å². The quantitative estimate of drug-likeness (QED) is 0.621. The van der Waals surface area contributed by atoms with Crippen molar-refractivity contribution in [1.29, 1.82) is 0 Å². The maximum absolute atomic E-state index is 13.2. The van der Waals surface area contributed by atoms with Crippen LogP contribution in [0.5, 0.6) is 5.75 Å². The van der Waals surface area contributed by atoms with Gasteiger partial charge < -0.3 is 15.0 Å². The van der Waals surface area contributed by atoms with Crippen LogP contribution in [0.2, 0.25) is 0 Å². The van der Waals surface area contributed by atoms with Crippen molar-refractivity contribution < 1.29 is 27.5 Å². The summed E-state index contributed by atoms with van der Waals surface area (Å²) in [6.45, 7) is 0. The molecule has 8 heteroatoms. The Labute approximate surface area is 189 Å². The molecule has 33 heavy (non-hydrogen) atoms. The first-order chi connectivity index (χ1) is 15.7. The molecule has 0 saturated heterocycles. The second-order valence-corrected chi connectivity index (χ2v) is 8.94. The van der Waals surface area contributed by atoms with Gasteiger partial charge in [0.05, 0.1) is 5.56 Å². The summed E-state index contributed by atoms with van der Waals surface area (Å²) in [4.78, 5) is 26.6. The van der Waals surface area contributed by atoms with E-state index in [4.69, 9.17) is 4.74 Å².